The van der Waals surface area contributed by atoms with Crippen molar-refractivity contribution < 1.29 is 9.53 Å². The molecule has 0 radical (unpaired) electrons. The number of nitrogens with zero attached hydrogens (tertiary/aromatic N) is 3. The number of benzene rings is 1. The van der Waals surface area contributed by atoms with Crippen molar-refractivity contribution in [3.8, 4) is 5.75 Å². The molecule has 0 saturated carbocycles. The Kier molecular flexibility index (Phi) is 5.85. The Morgan fingerprint density at radius 2 is 2.12 bits per heavy atom. The van der Waals surface area contributed by atoms with E-state index >= 15 is 0 Å². The van der Waals surface area contributed by atoms with Crippen LogP contribution < -0.4 is 15.4 Å². The van der Waals surface area contributed by atoms with Crippen molar-refractivity contribution in [3.63, 3.8) is 0 Å². The van der Waals surface area contributed by atoms with Gasteiger partial charge in [-0.05, 0) is 29.7 Å². The second-order valence-corrected chi connectivity index (χ2v) is 5.87. The fraction of sp³-hybridized carbons (Fsp3) is 0.294. The van der Waals surface area contributed by atoms with Gasteiger partial charge < -0.3 is 20.4 Å². The van der Waals surface area contributed by atoms with Crippen molar-refractivity contribution in [3.05, 3.63) is 41.4 Å². The third-order valence-corrected chi connectivity index (χ3v) is 3.98. The van der Waals surface area contributed by atoms with Crippen molar-refractivity contribution >= 4 is 34.5 Å². The molecule has 3 aromatic rings. The summed E-state index contributed by atoms with van der Waals surface area (Å²) in [5.41, 5.74) is 2.20. The van der Waals surface area contributed by atoms with Gasteiger partial charge in [-0.15, -0.1) is 0 Å². The molecule has 0 aliphatic carbocycles. The Morgan fingerprint density at radius 3 is 2.96 bits per heavy atom. The fourth-order valence-corrected chi connectivity index (χ4v) is 2.73. The lowest BCUT2D eigenvalue weighted by atomic mass is 10.1. The third kappa shape index (κ3) is 4.40. The highest BCUT2D eigenvalue weighted by Crippen LogP contribution is 2.18. The number of rotatable bonds is 8. The highest BCUT2D eigenvalue weighted by atomic mass is 35.5. The molecule has 136 valence electrons. The van der Waals surface area contributed by atoms with Gasteiger partial charge in [-0.2, -0.15) is 9.97 Å². The second-order valence-electron chi connectivity index (χ2n) is 5.53. The largest absolute Gasteiger partial charge is 0.496 e. The molecule has 8 nitrogen and oxygen atoms in total. The number of nitrogens with one attached hydrogen (secondary N) is 3. The van der Waals surface area contributed by atoms with E-state index in [0.29, 0.717) is 42.9 Å². The van der Waals surface area contributed by atoms with Crippen LogP contribution in [0.4, 0.5) is 5.82 Å². The smallest absolute Gasteiger partial charge is 0.226 e. The number of aromatic nitrogens is 4. The maximum absolute atomic E-state index is 12.0. The first-order chi connectivity index (χ1) is 12.7. The molecule has 0 atom stereocenters. The van der Waals surface area contributed by atoms with Crippen LogP contribution in [0, 0.1) is 0 Å². The molecular weight excluding hydrogens is 356 g/mol. The summed E-state index contributed by atoms with van der Waals surface area (Å²) in [6.45, 7) is 0.964. The normalized spacial score (nSPS) is 10.7. The molecule has 3 N–H and O–H groups in total. The van der Waals surface area contributed by atoms with Crippen molar-refractivity contribution in [2.24, 2.45) is 0 Å². The number of fused-ring (bicyclic) bond motifs is 1. The number of carbonyl (C=O) groups excluding carboxylic acids is 1. The highest BCUT2D eigenvalue weighted by Gasteiger charge is 2.09. The van der Waals surface area contributed by atoms with Gasteiger partial charge in [-0.3, -0.25) is 4.79 Å². The summed E-state index contributed by atoms with van der Waals surface area (Å²) < 4.78 is 5.30. The van der Waals surface area contributed by atoms with Crippen molar-refractivity contribution in [1.82, 2.24) is 25.3 Å². The Labute approximate surface area is 155 Å². The predicted molar refractivity (Wildman–Crippen MR) is 99.5 cm³/mol. The topological polar surface area (TPSA) is 105 Å². The average Bonchev–Trinajstić information content (AvgIpc) is 3.10. The number of para-hydroxylation sites is 1. The standard InChI is InChI=1S/C17H19ClN6O2/c1-26-12-5-3-2-4-11(12)6-8-19-13(25)7-9-20-15-14-16(22-10-21-14)24-17(18)23-15/h2-5,10H,6-9H2,1H3,(H,19,25)(H2,20,21,22,23,24). The van der Waals surface area contributed by atoms with E-state index in [1.165, 1.54) is 6.33 Å². The molecule has 2 aromatic heterocycles. The molecule has 3 rings (SSSR count). The Morgan fingerprint density at radius 1 is 1.27 bits per heavy atom. The van der Waals surface area contributed by atoms with Gasteiger partial charge in [0.05, 0.1) is 13.4 Å². The molecule has 0 aliphatic rings. The molecule has 0 aliphatic heterocycles. The van der Waals surface area contributed by atoms with Crippen LogP contribution in [0.5, 0.6) is 5.75 Å². The highest BCUT2D eigenvalue weighted by molar-refractivity contribution is 6.28. The molecule has 2 heterocycles. The molecule has 0 saturated heterocycles. The molecule has 9 heteroatoms. The quantitative estimate of drug-likeness (QED) is 0.522. The van der Waals surface area contributed by atoms with Gasteiger partial charge in [0.25, 0.3) is 0 Å². The van der Waals surface area contributed by atoms with Crippen LogP contribution in [0.15, 0.2) is 30.6 Å². The zero-order chi connectivity index (χ0) is 18.4. The Bertz CT molecular complexity index is 898. The van der Waals surface area contributed by atoms with Gasteiger partial charge in [-0.1, -0.05) is 18.2 Å². The number of imidazole rings is 1. The average molecular weight is 375 g/mol. The number of aromatic amines is 1. The Hall–Kier alpha value is -2.87. The zero-order valence-corrected chi connectivity index (χ0v) is 15.0. The number of anilines is 1. The molecule has 0 fully saturated rings. The summed E-state index contributed by atoms with van der Waals surface area (Å²) in [6.07, 6.45) is 2.54. The van der Waals surface area contributed by atoms with Crippen molar-refractivity contribution in [2.45, 2.75) is 12.8 Å². The van der Waals surface area contributed by atoms with E-state index in [4.69, 9.17) is 16.3 Å². The van der Waals surface area contributed by atoms with Gasteiger partial charge in [-0.25, -0.2) is 4.98 Å². The molecular formula is C17H19ClN6O2. The van der Waals surface area contributed by atoms with E-state index < -0.39 is 0 Å². The summed E-state index contributed by atoms with van der Waals surface area (Å²) >= 11 is 5.87. The third-order valence-electron chi connectivity index (χ3n) is 3.81. The minimum absolute atomic E-state index is 0.0478. The van der Waals surface area contributed by atoms with Crippen LogP contribution in [0.2, 0.25) is 5.28 Å². The van der Waals surface area contributed by atoms with E-state index in [0.717, 1.165) is 11.3 Å². The molecule has 1 amide bonds. The summed E-state index contributed by atoms with van der Waals surface area (Å²) in [4.78, 5) is 27.1. The second kappa shape index (κ2) is 8.48. The molecule has 1 aromatic carbocycles. The van der Waals surface area contributed by atoms with Gasteiger partial charge in [0.1, 0.15) is 11.3 Å². The van der Waals surface area contributed by atoms with E-state index in [1.54, 1.807) is 7.11 Å². The van der Waals surface area contributed by atoms with E-state index in [1.807, 2.05) is 24.3 Å². The molecule has 26 heavy (non-hydrogen) atoms. The first-order valence-corrected chi connectivity index (χ1v) is 8.54. The van der Waals surface area contributed by atoms with Crippen LogP contribution in [-0.2, 0) is 11.2 Å². The van der Waals surface area contributed by atoms with E-state index in [9.17, 15) is 4.79 Å². The molecule has 0 spiro atoms. The van der Waals surface area contributed by atoms with Crippen LogP contribution >= 0.6 is 11.6 Å². The van der Waals surface area contributed by atoms with Crippen LogP contribution in [0.1, 0.15) is 12.0 Å². The number of carbonyl (C=O) groups is 1. The summed E-state index contributed by atoms with van der Waals surface area (Å²) in [6, 6.07) is 7.76. The summed E-state index contributed by atoms with van der Waals surface area (Å²) in [5, 5.41) is 6.09. The first kappa shape index (κ1) is 17.9. The summed E-state index contributed by atoms with van der Waals surface area (Å²) in [7, 11) is 1.64. The lowest BCUT2D eigenvalue weighted by molar-refractivity contribution is -0.120. The van der Waals surface area contributed by atoms with Crippen LogP contribution in [0.25, 0.3) is 11.2 Å². The van der Waals surface area contributed by atoms with Crippen LogP contribution in [0.3, 0.4) is 0 Å². The van der Waals surface area contributed by atoms with Crippen molar-refractivity contribution in [1.29, 1.82) is 0 Å². The maximum Gasteiger partial charge on any atom is 0.226 e. The number of H-pyrrole nitrogens is 1. The number of methoxy groups -OCH3 is 1. The fourth-order valence-electron chi connectivity index (χ4n) is 2.56. The maximum atomic E-state index is 12.0. The number of hydrogen-bond donors (Lipinski definition) is 3. The lowest BCUT2D eigenvalue weighted by Crippen LogP contribution is -2.27. The number of halogens is 1. The summed E-state index contributed by atoms with van der Waals surface area (Å²) in [5.74, 6) is 1.31. The Balaban J connectivity index is 1.45. The molecule has 0 bridgehead atoms. The zero-order valence-electron chi connectivity index (χ0n) is 14.3. The van der Waals surface area contributed by atoms with Gasteiger partial charge in [0, 0.05) is 19.5 Å². The van der Waals surface area contributed by atoms with Gasteiger partial charge >= 0.3 is 0 Å². The minimum atomic E-state index is -0.0478. The number of ether oxygens (including phenoxy) is 1. The monoisotopic (exact) mass is 374 g/mol. The van der Waals surface area contributed by atoms with Gasteiger partial charge in [0.2, 0.25) is 11.2 Å². The molecule has 0 unspecified atom stereocenters. The van der Waals surface area contributed by atoms with E-state index in [2.05, 4.69) is 30.6 Å². The number of amides is 1. The van der Waals surface area contributed by atoms with Crippen molar-refractivity contribution in [2.75, 3.05) is 25.5 Å². The van der Waals surface area contributed by atoms with E-state index in [-0.39, 0.29) is 11.2 Å². The predicted octanol–water partition coefficient (Wildman–Crippen LogP) is 2.18. The van der Waals surface area contributed by atoms with Crippen LogP contribution in [-0.4, -0.2) is 46.0 Å². The minimum Gasteiger partial charge on any atom is -0.496 e. The van der Waals surface area contributed by atoms with Gasteiger partial charge in [0.15, 0.2) is 11.5 Å². The lowest BCUT2D eigenvalue weighted by Gasteiger charge is -2.10. The SMILES string of the molecule is COc1ccccc1CCNC(=O)CCNc1nc(Cl)nc2nc[nH]c12. The first-order valence-electron chi connectivity index (χ1n) is 8.16. The number of hydrogen-bond acceptors (Lipinski definition) is 6.